The average Bonchev–Trinajstić information content (AvgIpc) is 2.63. The van der Waals surface area contributed by atoms with Gasteiger partial charge >= 0.3 is 0 Å². The van der Waals surface area contributed by atoms with Crippen LogP contribution in [0.25, 0.3) is 11.3 Å². The van der Waals surface area contributed by atoms with Gasteiger partial charge in [-0.2, -0.15) is 8.42 Å². The average molecular weight is 288 g/mol. The molecule has 0 fully saturated rings. The Kier molecular flexibility index (Phi) is 3.20. The van der Waals surface area contributed by atoms with Crippen molar-refractivity contribution in [3.63, 3.8) is 0 Å². The van der Waals surface area contributed by atoms with E-state index in [4.69, 9.17) is 10.9 Å². The normalized spacial score (nSPS) is 11.4. The number of nitrogens with zero attached hydrogens (tertiary/aromatic N) is 1. The molecule has 0 aliphatic rings. The Labute approximate surface area is 107 Å². The van der Waals surface area contributed by atoms with Crippen molar-refractivity contribution in [2.75, 3.05) is 10.5 Å². The molecule has 6 nitrogen and oxygen atoms in total. The molecule has 0 aliphatic heterocycles. The molecule has 1 aromatic heterocycles. The number of benzene rings is 1. The molecular formula is C9H9FN4O2S2. The Morgan fingerprint density at radius 3 is 2.72 bits per heavy atom. The first-order valence-electron chi connectivity index (χ1n) is 4.66. The lowest BCUT2D eigenvalue weighted by atomic mass is 10.1. The van der Waals surface area contributed by atoms with E-state index in [0.717, 1.165) is 11.3 Å². The monoisotopic (exact) mass is 288 g/mol. The molecule has 1 heterocycles. The number of nitrogens with two attached hydrogens (primary N) is 2. The number of hydrogen-bond acceptors (Lipinski definition) is 5. The molecule has 0 bridgehead atoms. The maximum absolute atomic E-state index is 13.6. The predicted octanol–water partition coefficient (Wildman–Crippen LogP) is 1.15. The van der Waals surface area contributed by atoms with Crippen molar-refractivity contribution in [3.05, 3.63) is 29.4 Å². The van der Waals surface area contributed by atoms with Gasteiger partial charge < -0.3 is 5.73 Å². The summed E-state index contributed by atoms with van der Waals surface area (Å²) in [6, 6.07) is 4.17. The van der Waals surface area contributed by atoms with Gasteiger partial charge in [-0.05, 0) is 18.2 Å². The van der Waals surface area contributed by atoms with Crippen LogP contribution in [0.2, 0.25) is 0 Å². The highest BCUT2D eigenvalue weighted by atomic mass is 32.2. The maximum atomic E-state index is 13.6. The summed E-state index contributed by atoms with van der Waals surface area (Å²) in [7, 11) is -3.88. The number of anilines is 2. The standard InChI is InChI=1S/C9H9FN4O2S2/c10-7-3-5(11)1-2-6(7)8-4-17-9(13-8)14-18(12,15)16/h1-4H,11H2,(H,13,14)(H2,12,15,16). The lowest BCUT2D eigenvalue weighted by Crippen LogP contribution is -2.21. The van der Waals surface area contributed by atoms with Gasteiger partial charge in [0.05, 0.1) is 5.69 Å². The van der Waals surface area contributed by atoms with Crippen molar-refractivity contribution in [2.24, 2.45) is 5.14 Å². The molecule has 0 saturated heterocycles. The first-order chi connectivity index (χ1) is 8.35. The molecule has 2 aromatic rings. The van der Waals surface area contributed by atoms with Gasteiger partial charge in [-0.1, -0.05) is 0 Å². The number of aromatic nitrogens is 1. The molecule has 0 aliphatic carbocycles. The highest BCUT2D eigenvalue weighted by Crippen LogP contribution is 2.28. The van der Waals surface area contributed by atoms with Crippen molar-refractivity contribution in [3.8, 4) is 11.3 Å². The van der Waals surface area contributed by atoms with Gasteiger partial charge in [0.25, 0.3) is 10.2 Å². The minimum absolute atomic E-state index is 0.0729. The van der Waals surface area contributed by atoms with Crippen LogP contribution in [0.5, 0.6) is 0 Å². The molecule has 96 valence electrons. The Balaban J connectivity index is 2.35. The fourth-order valence-electron chi connectivity index (χ4n) is 1.31. The van der Waals surface area contributed by atoms with Crippen LogP contribution in [-0.4, -0.2) is 13.4 Å². The van der Waals surface area contributed by atoms with Crippen molar-refractivity contribution < 1.29 is 12.8 Å². The Morgan fingerprint density at radius 1 is 1.39 bits per heavy atom. The van der Waals surface area contributed by atoms with Gasteiger partial charge in [-0.3, -0.25) is 0 Å². The van der Waals surface area contributed by atoms with Crippen LogP contribution in [0.1, 0.15) is 0 Å². The molecule has 0 amide bonds. The topological polar surface area (TPSA) is 111 Å². The third kappa shape index (κ3) is 2.94. The van der Waals surface area contributed by atoms with E-state index in [1.807, 2.05) is 4.72 Å². The van der Waals surface area contributed by atoms with Crippen molar-refractivity contribution in [1.82, 2.24) is 4.98 Å². The fourth-order valence-corrected chi connectivity index (χ4v) is 2.69. The van der Waals surface area contributed by atoms with E-state index in [0.29, 0.717) is 11.4 Å². The summed E-state index contributed by atoms with van der Waals surface area (Å²) >= 11 is 1.00. The van der Waals surface area contributed by atoms with E-state index in [1.165, 1.54) is 23.6 Å². The zero-order chi connectivity index (χ0) is 13.3. The lowest BCUT2D eigenvalue weighted by Gasteiger charge is -2.00. The molecule has 9 heteroatoms. The van der Waals surface area contributed by atoms with Crippen molar-refractivity contribution in [2.45, 2.75) is 0 Å². The number of nitrogen functional groups attached to an aromatic ring is 1. The largest absolute Gasteiger partial charge is 0.399 e. The minimum atomic E-state index is -3.88. The number of nitrogens with one attached hydrogen (secondary N) is 1. The summed E-state index contributed by atoms with van der Waals surface area (Å²) in [5, 5.41) is 6.39. The molecule has 0 spiro atoms. The van der Waals surface area contributed by atoms with Gasteiger partial charge in [-0.25, -0.2) is 19.2 Å². The maximum Gasteiger partial charge on any atom is 0.298 e. The molecule has 0 atom stereocenters. The molecule has 0 unspecified atom stereocenters. The highest BCUT2D eigenvalue weighted by Gasteiger charge is 2.11. The SMILES string of the molecule is Nc1ccc(-c2csc(NS(N)(=O)=O)n2)c(F)c1. The molecular weight excluding hydrogens is 279 g/mol. The van der Waals surface area contributed by atoms with Crippen LogP contribution in [0, 0.1) is 5.82 Å². The Morgan fingerprint density at radius 2 is 2.11 bits per heavy atom. The van der Waals surface area contributed by atoms with E-state index < -0.39 is 16.0 Å². The van der Waals surface area contributed by atoms with Crippen LogP contribution in [-0.2, 0) is 10.2 Å². The van der Waals surface area contributed by atoms with Crippen LogP contribution in [0.4, 0.5) is 15.2 Å². The fraction of sp³-hybridized carbons (Fsp3) is 0. The number of rotatable bonds is 3. The molecule has 2 rings (SSSR count). The molecule has 18 heavy (non-hydrogen) atoms. The second-order valence-corrected chi connectivity index (χ2v) is 5.58. The van der Waals surface area contributed by atoms with E-state index in [1.54, 1.807) is 0 Å². The lowest BCUT2D eigenvalue weighted by molar-refractivity contribution is 0.603. The van der Waals surface area contributed by atoms with Gasteiger partial charge in [0.2, 0.25) is 0 Å². The van der Waals surface area contributed by atoms with E-state index in [9.17, 15) is 12.8 Å². The zero-order valence-electron chi connectivity index (χ0n) is 8.92. The molecule has 1 aromatic carbocycles. The summed E-state index contributed by atoms with van der Waals surface area (Å²) in [6.45, 7) is 0. The van der Waals surface area contributed by atoms with E-state index in [-0.39, 0.29) is 10.7 Å². The second kappa shape index (κ2) is 4.52. The summed E-state index contributed by atoms with van der Waals surface area (Å²) in [6.07, 6.45) is 0. The van der Waals surface area contributed by atoms with Crippen molar-refractivity contribution >= 4 is 32.4 Å². The molecule has 0 saturated carbocycles. The Bertz CT molecular complexity index is 684. The van der Waals surface area contributed by atoms with Crippen LogP contribution in [0.3, 0.4) is 0 Å². The first-order valence-corrected chi connectivity index (χ1v) is 7.09. The summed E-state index contributed by atoms with van der Waals surface area (Å²) in [4.78, 5) is 3.92. The number of halogens is 1. The zero-order valence-corrected chi connectivity index (χ0v) is 10.6. The van der Waals surface area contributed by atoms with Gasteiger partial charge in [0.15, 0.2) is 5.13 Å². The quantitative estimate of drug-likeness (QED) is 0.735. The summed E-state index contributed by atoms with van der Waals surface area (Å²) in [5.41, 5.74) is 6.28. The third-order valence-corrected chi connectivity index (χ3v) is 3.37. The van der Waals surface area contributed by atoms with Crippen LogP contribution in [0.15, 0.2) is 23.6 Å². The molecule has 0 radical (unpaired) electrons. The van der Waals surface area contributed by atoms with E-state index in [2.05, 4.69) is 4.98 Å². The van der Waals surface area contributed by atoms with Crippen LogP contribution >= 0.6 is 11.3 Å². The first kappa shape index (κ1) is 12.7. The van der Waals surface area contributed by atoms with Crippen molar-refractivity contribution in [1.29, 1.82) is 0 Å². The molecule has 5 N–H and O–H groups in total. The van der Waals surface area contributed by atoms with Crippen LogP contribution < -0.4 is 15.6 Å². The summed E-state index contributed by atoms with van der Waals surface area (Å²) < 4.78 is 37.2. The third-order valence-electron chi connectivity index (χ3n) is 2.00. The number of thiazole rings is 1. The minimum Gasteiger partial charge on any atom is -0.399 e. The number of hydrogen-bond donors (Lipinski definition) is 3. The Hall–Kier alpha value is -1.71. The smallest absolute Gasteiger partial charge is 0.298 e. The highest BCUT2D eigenvalue weighted by molar-refractivity contribution is 7.90. The van der Waals surface area contributed by atoms with E-state index >= 15 is 0 Å². The van der Waals surface area contributed by atoms with Gasteiger partial charge in [0.1, 0.15) is 5.82 Å². The predicted molar refractivity (Wildman–Crippen MR) is 68.7 cm³/mol. The van der Waals surface area contributed by atoms with Gasteiger partial charge in [-0.15, -0.1) is 11.3 Å². The second-order valence-electron chi connectivity index (χ2n) is 3.42. The summed E-state index contributed by atoms with van der Waals surface area (Å²) in [5.74, 6) is -0.526. The van der Waals surface area contributed by atoms with Gasteiger partial charge in [0, 0.05) is 16.6 Å².